The van der Waals surface area contributed by atoms with E-state index in [0.717, 1.165) is 12.2 Å². The molecule has 2 heterocycles. The van der Waals surface area contributed by atoms with Crippen LogP contribution in [-0.2, 0) is 13.1 Å². The van der Waals surface area contributed by atoms with E-state index in [4.69, 9.17) is 5.11 Å². The van der Waals surface area contributed by atoms with Crippen LogP contribution in [0.2, 0.25) is 0 Å². The molecule has 0 saturated carbocycles. The van der Waals surface area contributed by atoms with Crippen molar-refractivity contribution in [1.82, 2.24) is 9.88 Å². The van der Waals surface area contributed by atoms with Gasteiger partial charge in [-0.2, -0.15) is 0 Å². The summed E-state index contributed by atoms with van der Waals surface area (Å²) in [6.45, 7) is 1.58. The molecule has 1 N–H and O–H groups in total. The Morgan fingerprint density at radius 1 is 1.39 bits per heavy atom. The lowest BCUT2D eigenvalue weighted by atomic mass is 10.2. The van der Waals surface area contributed by atoms with Crippen molar-refractivity contribution in [3.63, 3.8) is 0 Å². The minimum absolute atomic E-state index is 0.222. The summed E-state index contributed by atoms with van der Waals surface area (Å²) in [5.41, 5.74) is 1.10. The first-order valence-electron chi connectivity index (χ1n) is 5.54. The molecule has 0 bridgehead atoms. The standard InChI is InChI=1S/C13H14N2O2S/c1-15(9-12-3-2-6-18-12)8-11-5-4-10(7-14-11)13(16)17/h2-7H,8-9H2,1H3,(H,16,17). The molecule has 2 rings (SSSR count). The fourth-order valence-electron chi connectivity index (χ4n) is 1.65. The van der Waals surface area contributed by atoms with Crippen LogP contribution in [0.15, 0.2) is 35.8 Å². The molecule has 0 unspecified atom stereocenters. The number of aromatic nitrogens is 1. The number of hydrogen-bond donors (Lipinski definition) is 1. The highest BCUT2D eigenvalue weighted by molar-refractivity contribution is 7.09. The molecule has 2 aromatic rings. The number of aromatic carboxylic acids is 1. The normalized spacial score (nSPS) is 10.8. The first-order chi connectivity index (χ1) is 8.65. The van der Waals surface area contributed by atoms with Gasteiger partial charge in [0.1, 0.15) is 0 Å². The molecule has 0 radical (unpaired) electrons. The van der Waals surface area contributed by atoms with Crippen molar-refractivity contribution in [2.75, 3.05) is 7.05 Å². The van der Waals surface area contributed by atoms with Crippen LogP contribution in [0.3, 0.4) is 0 Å². The summed E-state index contributed by atoms with van der Waals surface area (Å²) in [5.74, 6) is -0.944. The molecule has 0 saturated heterocycles. The maximum absolute atomic E-state index is 10.7. The van der Waals surface area contributed by atoms with Gasteiger partial charge in [0.2, 0.25) is 0 Å². The van der Waals surface area contributed by atoms with Gasteiger partial charge in [-0.05, 0) is 30.6 Å². The lowest BCUT2D eigenvalue weighted by Gasteiger charge is -2.14. The third-order valence-corrected chi connectivity index (χ3v) is 3.37. The smallest absolute Gasteiger partial charge is 0.337 e. The number of nitrogens with zero attached hydrogens (tertiary/aromatic N) is 2. The summed E-state index contributed by atoms with van der Waals surface area (Å²) < 4.78 is 0. The van der Waals surface area contributed by atoms with Crippen molar-refractivity contribution in [2.24, 2.45) is 0 Å². The van der Waals surface area contributed by atoms with Gasteiger partial charge in [0.15, 0.2) is 0 Å². The molecular weight excluding hydrogens is 248 g/mol. The minimum Gasteiger partial charge on any atom is -0.478 e. The van der Waals surface area contributed by atoms with E-state index >= 15 is 0 Å². The van der Waals surface area contributed by atoms with Crippen molar-refractivity contribution in [3.05, 3.63) is 52.0 Å². The van der Waals surface area contributed by atoms with Crippen LogP contribution < -0.4 is 0 Å². The van der Waals surface area contributed by atoms with Gasteiger partial charge in [-0.3, -0.25) is 9.88 Å². The Labute approximate surface area is 110 Å². The summed E-state index contributed by atoms with van der Waals surface area (Å²) in [4.78, 5) is 18.3. The third kappa shape index (κ3) is 3.38. The van der Waals surface area contributed by atoms with E-state index in [1.807, 2.05) is 13.1 Å². The molecule has 0 aromatic carbocycles. The van der Waals surface area contributed by atoms with Crippen LogP contribution in [0, 0.1) is 0 Å². The zero-order valence-electron chi connectivity index (χ0n) is 10.0. The molecule has 0 amide bonds. The molecule has 2 aromatic heterocycles. The summed E-state index contributed by atoms with van der Waals surface area (Å²) >= 11 is 1.73. The third-order valence-electron chi connectivity index (χ3n) is 2.51. The van der Waals surface area contributed by atoms with Crippen molar-refractivity contribution in [2.45, 2.75) is 13.1 Å². The van der Waals surface area contributed by atoms with E-state index in [1.165, 1.54) is 11.1 Å². The van der Waals surface area contributed by atoms with Crippen LogP contribution in [0.5, 0.6) is 0 Å². The van der Waals surface area contributed by atoms with E-state index < -0.39 is 5.97 Å². The molecule has 4 nitrogen and oxygen atoms in total. The second-order valence-corrected chi connectivity index (χ2v) is 5.13. The highest BCUT2D eigenvalue weighted by Crippen LogP contribution is 2.12. The van der Waals surface area contributed by atoms with Crippen molar-refractivity contribution < 1.29 is 9.90 Å². The van der Waals surface area contributed by atoms with Gasteiger partial charge in [-0.15, -0.1) is 11.3 Å². The average molecular weight is 262 g/mol. The second-order valence-electron chi connectivity index (χ2n) is 4.10. The highest BCUT2D eigenvalue weighted by Gasteiger charge is 2.06. The Balaban J connectivity index is 1.94. The molecule has 0 aliphatic carbocycles. The van der Waals surface area contributed by atoms with Crippen molar-refractivity contribution in [1.29, 1.82) is 0 Å². The number of carboxylic acids is 1. The van der Waals surface area contributed by atoms with Gasteiger partial charge in [-0.1, -0.05) is 6.07 Å². The number of hydrogen-bond acceptors (Lipinski definition) is 4. The number of carboxylic acid groups (broad SMARTS) is 1. The topological polar surface area (TPSA) is 53.4 Å². The molecule has 18 heavy (non-hydrogen) atoms. The molecule has 0 aliphatic rings. The van der Waals surface area contributed by atoms with Gasteiger partial charge in [0.05, 0.1) is 11.3 Å². The Morgan fingerprint density at radius 3 is 2.78 bits per heavy atom. The minimum atomic E-state index is -0.944. The predicted octanol–water partition coefficient (Wildman–Crippen LogP) is 2.47. The Bertz CT molecular complexity index is 508. The molecular formula is C13H14N2O2S. The fourth-order valence-corrected chi connectivity index (χ4v) is 2.43. The Hall–Kier alpha value is -1.72. The molecule has 0 aliphatic heterocycles. The average Bonchev–Trinajstić information content (AvgIpc) is 2.82. The quantitative estimate of drug-likeness (QED) is 0.899. The van der Waals surface area contributed by atoms with E-state index in [1.54, 1.807) is 23.5 Å². The molecule has 0 atom stereocenters. The van der Waals surface area contributed by atoms with Gasteiger partial charge in [0.25, 0.3) is 0 Å². The summed E-state index contributed by atoms with van der Waals surface area (Å²) in [6, 6.07) is 7.48. The predicted molar refractivity (Wildman–Crippen MR) is 70.7 cm³/mol. The number of carbonyl (C=O) groups is 1. The first-order valence-corrected chi connectivity index (χ1v) is 6.42. The maximum Gasteiger partial charge on any atom is 0.337 e. The maximum atomic E-state index is 10.7. The summed E-state index contributed by atoms with van der Waals surface area (Å²) in [6.07, 6.45) is 1.40. The Kier molecular flexibility index (Phi) is 4.07. The summed E-state index contributed by atoms with van der Waals surface area (Å²) in [5, 5.41) is 10.8. The van der Waals surface area contributed by atoms with E-state index in [2.05, 4.69) is 21.3 Å². The molecule has 5 heteroatoms. The SMILES string of the molecule is CN(Cc1ccc(C(=O)O)cn1)Cc1cccs1. The number of rotatable bonds is 5. The first kappa shape index (κ1) is 12.7. The molecule has 94 valence electrons. The lowest BCUT2D eigenvalue weighted by molar-refractivity contribution is 0.0696. The van der Waals surface area contributed by atoms with Gasteiger partial charge >= 0.3 is 5.97 Å². The van der Waals surface area contributed by atoms with Crippen LogP contribution in [0.1, 0.15) is 20.9 Å². The van der Waals surface area contributed by atoms with E-state index in [9.17, 15) is 4.79 Å². The lowest BCUT2D eigenvalue weighted by Crippen LogP contribution is -2.17. The summed E-state index contributed by atoms with van der Waals surface area (Å²) in [7, 11) is 2.02. The van der Waals surface area contributed by atoms with Gasteiger partial charge in [-0.25, -0.2) is 4.79 Å². The van der Waals surface area contributed by atoms with Crippen molar-refractivity contribution >= 4 is 17.3 Å². The van der Waals surface area contributed by atoms with Gasteiger partial charge in [0, 0.05) is 24.2 Å². The second kappa shape index (κ2) is 5.75. The monoisotopic (exact) mass is 262 g/mol. The van der Waals surface area contributed by atoms with Crippen LogP contribution >= 0.6 is 11.3 Å². The van der Waals surface area contributed by atoms with Gasteiger partial charge < -0.3 is 5.11 Å². The largest absolute Gasteiger partial charge is 0.478 e. The van der Waals surface area contributed by atoms with Crippen LogP contribution in [-0.4, -0.2) is 28.0 Å². The zero-order valence-corrected chi connectivity index (χ0v) is 10.9. The number of thiophene rings is 1. The van der Waals surface area contributed by atoms with Crippen molar-refractivity contribution in [3.8, 4) is 0 Å². The Morgan fingerprint density at radius 2 is 2.22 bits per heavy atom. The number of pyridine rings is 1. The van der Waals surface area contributed by atoms with E-state index in [-0.39, 0.29) is 5.56 Å². The molecule has 0 fully saturated rings. The fraction of sp³-hybridized carbons (Fsp3) is 0.231. The highest BCUT2D eigenvalue weighted by atomic mass is 32.1. The zero-order chi connectivity index (χ0) is 13.0. The van der Waals surface area contributed by atoms with E-state index in [0.29, 0.717) is 6.54 Å². The molecule has 0 spiro atoms. The van der Waals surface area contributed by atoms with Crippen LogP contribution in [0.25, 0.3) is 0 Å². The van der Waals surface area contributed by atoms with Crippen LogP contribution in [0.4, 0.5) is 0 Å².